The van der Waals surface area contributed by atoms with Gasteiger partial charge in [-0.05, 0) is 87.5 Å². The number of nitrogens with one attached hydrogen (secondary N) is 1. The molecule has 37 heavy (non-hydrogen) atoms. The first-order valence-electron chi connectivity index (χ1n) is 12.4. The van der Waals surface area contributed by atoms with Crippen molar-refractivity contribution in [3.8, 4) is 28.0 Å². The fourth-order valence-corrected chi connectivity index (χ4v) is 4.44. The summed E-state index contributed by atoms with van der Waals surface area (Å²) in [4.78, 5) is 15.5. The van der Waals surface area contributed by atoms with Gasteiger partial charge in [0.1, 0.15) is 11.9 Å². The number of nitrogens with zero attached hydrogens (tertiary/aromatic N) is 5. The predicted octanol–water partition coefficient (Wildman–Crippen LogP) is 4.62. The van der Waals surface area contributed by atoms with Gasteiger partial charge in [-0.25, -0.2) is 0 Å². The molecule has 2 heterocycles. The van der Waals surface area contributed by atoms with Crippen molar-refractivity contribution >= 4 is 5.91 Å². The molecule has 4 aromatic rings. The molecule has 1 unspecified atom stereocenters. The lowest BCUT2D eigenvalue weighted by atomic mass is 9.96. The molecule has 0 fully saturated rings. The van der Waals surface area contributed by atoms with Gasteiger partial charge in [0.25, 0.3) is 5.91 Å². The normalized spacial score (nSPS) is 13.0. The van der Waals surface area contributed by atoms with Crippen LogP contribution < -0.4 is 10.1 Å². The molecule has 0 aliphatic carbocycles. The zero-order chi connectivity index (χ0) is 26.7. The van der Waals surface area contributed by atoms with E-state index in [1.54, 1.807) is 9.36 Å². The second-order valence-corrected chi connectivity index (χ2v) is 10.0. The van der Waals surface area contributed by atoms with Crippen LogP contribution in [0.2, 0.25) is 0 Å². The first kappa shape index (κ1) is 26.2. The molecule has 194 valence electrons. The molecule has 8 nitrogen and oxygen atoms in total. The first-order chi connectivity index (χ1) is 17.6. The molecule has 0 aliphatic heterocycles. The number of aromatic nitrogens is 4. The third-order valence-electron chi connectivity index (χ3n) is 6.29. The van der Waals surface area contributed by atoms with E-state index < -0.39 is 0 Å². The number of benzene rings is 2. The molecule has 0 radical (unpaired) electrons. The Kier molecular flexibility index (Phi) is 7.78. The summed E-state index contributed by atoms with van der Waals surface area (Å²) in [5.74, 6) is 0.556. The summed E-state index contributed by atoms with van der Waals surface area (Å²) in [7, 11) is 7.83. The SMILES string of the molecule is Cc1ccc(OC(C)CN(C)C)cc1C(=O)N[C@H](C)c1cc(-c2cnn(C)c2)cc(-c2cnn(C)c2)c1. The summed E-state index contributed by atoms with van der Waals surface area (Å²) >= 11 is 0. The van der Waals surface area contributed by atoms with Crippen molar-refractivity contribution in [3.05, 3.63) is 77.9 Å². The molecular weight excluding hydrogens is 464 g/mol. The molecule has 0 spiro atoms. The molecule has 4 rings (SSSR count). The second-order valence-electron chi connectivity index (χ2n) is 10.0. The van der Waals surface area contributed by atoms with E-state index in [2.05, 4.69) is 38.6 Å². The fourth-order valence-electron chi connectivity index (χ4n) is 4.44. The maximum Gasteiger partial charge on any atom is 0.252 e. The van der Waals surface area contributed by atoms with Crippen LogP contribution in [0.3, 0.4) is 0 Å². The van der Waals surface area contributed by atoms with Crippen LogP contribution in [0.4, 0.5) is 0 Å². The third-order valence-corrected chi connectivity index (χ3v) is 6.29. The van der Waals surface area contributed by atoms with Crippen molar-refractivity contribution in [2.45, 2.75) is 32.9 Å². The summed E-state index contributed by atoms with van der Waals surface area (Å²) in [6.45, 7) is 6.76. The second kappa shape index (κ2) is 11.0. The van der Waals surface area contributed by atoms with Crippen molar-refractivity contribution in [3.63, 3.8) is 0 Å². The molecule has 1 N–H and O–H groups in total. The van der Waals surface area contributed by atoms with Gasteiger partial charge >= 0.3 is 0 Å². The van der Waals surface area contributed by atoms with Gasteiger partial charge in [0, 0.05) is 49.7 Å². The van der Waals surface area contributed by atoms with E-state index in [0.717, 1.165) is 39.9 Å². The smallest absolute Gasteiger partial charge is 0.252 e. The van der Waals surface area contributed by atoms with Crippen LogP contribution >= 0.6 is 0 Å². The Morgan fingerprint density at radius 2 is 1.54 bits per heavy atom. The number of likely N-dealkylation sites (N-methyl/N-ethyl adjacent to an activating group) is 1. The summed E-state index contributed by atoms with van der Waals surface area (Å²) in [6.07, 6.45) is 7.68. The number of aryl methyl sites for hydroxylation is 3. The quantitative estimate of drug-likeness (QED) is 0.363. The summed E-state index contributed by atoms with van der Waals surface area (Å²) in [5.41, 5.74) is 6.60. The minimum Gasteiger partial charge on any atom is -0.489 e. The Balaban J connectivity index is 1.60. The molecule has 0 bridgehead atoms. The van der Waals surface area contributed by atoms with Gasteiger partial charge in [-0.1, -0.05) is 6.07 Å². The highest BCUT2D eigenvalue weighted by molar-refractivity contribution is 5.96. The number of rotatable bonds is 9. The van der Waals surface area contributed by atoms with Crippen LogP contribution in [0.1, 0.15) is 41.4 Å². The van der Waals surface area contributed by atoms with Gasteiger partial charge in [-0.2, -0.15) is 10.2 Å². The first-order valence-corrected chi connectivity index (χ1v) is 12.4. The van der Waals surface area contributed by atoms with Crippen LogP contribution in [-0.4, -0.2) is 57.1 Å². The number of carbonyl (C=O) groups excluding carboxylic acids is 1. The Hall–Kier alpha value is -3.91. The molecule has 2 aromatic heterocycles. The van der Waals surface area contributed by atoms with Gasteiger partial charge in [0.15, 0.2) is 0 Å². The predicted molar refractivity (Wildman–Crippen MR) is 147 cm³/mol. The van der Waals surface area contributed by atoms with Crippen molar-refractivity contribution < 1.29 is 9.53 Å². The van der Waals surface area contributed by atoms with E-state index in [1.165, 1.54) is 0 Å². The van der Waals surface area contributed by atoms with Crippen LogP contribution in [0.5, 0.6) is 5.75 Å². The summed E-state index contributed by atoms with van der Waals surface area (Å²) in [6, 6.07) is 11.8. The molecule has 1 amide bonds. The standard InChI is InChI=1S/C29H36N6O2/c1-19-8-9-27(37-20(2)16-33(4)5)13-28(19)29(36)32-21(3)22-10-23(25-14-30-34(6)17-25)12-24(11-22)26-15-31-35(7)18-26/h8-15,17-18,20-21H,16H2,1-7H3,(H,32,36)/t20?,21-/m1/s1. The molecular formula is C29H36N6O2. The van der Waals surface area contributed by atoms with Gasteiger partial charge in [-0.3, -0.25) is 14.2 Å². The highest BCUT2D eigenvalue weighted by Crippen LogP contribution is 2.30. The maximum atomic E-state index is 13.4. The minimum absolute atomic E-state index is 0.00801. The number of amides is 1. The highest BCUT2D eigenvalue weighted by Gasteiger charge is 2.18. The Labute approximate surface area is 218 Å². The monoisotopic (exact) mass is 500 g/mol. The van der Waals surface area contributed by atoms with E-state index in [0.29, 0.717) is 11.3 Å². The Morgan fingerprint density at radius 1 is 0.946 bits per heavy atom. The van der Waals surface area contributed by atoms with Gasteiger partial charge in [0.05, 0.1) is 18.4 Å². The van der Waals surface area contributed by atoms with Crippen molar-refractivity contribution in [1.29, 1.82) is 0 Å². The average molecular weight is 501 g/mol. The van der Waals surface area contributed by atoms with Crippen molar-refractivity contribution in [1.82, 2.24) is 29.8 Å². The molecule has 8 heteroatoms. The highest BCUT2D eigenvalue weighted by atomic mass is 16.5. The molecule has 2 aromatic carbocycles. The fraction of sp³-hybridized carbons (Fsp3) is 0.345. The van der Waals surface area contributed by atoms with E-state index in [9.17, 15) is 4.79 Å². The van der Waals surface area contributed by atoms with Crippen molar-refractivity contribution in [2.75, 3.05) is 20.6 Å². The van der Waals surface area contributed by atoms with Crippen LogP contribution in [0.15, 0.2) is 61.2 Å². The lowest BCUT2D eigenvalue weighted by Crippen LogP contribution is -2.29. The van der Waals surface area contributed by atoms with E-state index in [1.807, 2.05) is 91.9 Å². The average Bonchev–Trinajstić information content (AvgIpc) is 3.47. The van der Waals surface area contributed by atoms with E-state index in [-0.39, 0.29) is 18.1 Å². The number of hydrogen-bond donors (Lipinski definition) is 1. The lowest BCUT2D eigenvalue weighted by molar-refractivity contribution is 0.0938. The molecule has 0 saturated heterocycles. The zero-order valence-electron chi connectivity index (χ0n) is 22.7. The molecule has 0 saturated carbocycles. The van der Waals surface area contributed by atoms with Crippen LogP contribution in [0, 0.1) is 6.92 Å². The third kappa shape index (κ3) is 6.46. The number of carbonyl (C=O) groups is 1. The van der Waals surface area contributed by atoms with E-state index in [4.69, 9.17) is 4.74 Å². The maximum absolute atomic E-state index is 13.4. The molecule has 0 aliphatic rings. The lowest BCUT2D eigenvalue weighted by Gasteiger charge is -2.20. The van der Waals surface area contributed by atoms with Crippen LogP contribution in [-0.2, 0) is 14.1 Å². The number of hydrogen-bond acceptors (Lipinski definition) is 5. The van der Waals surface area contributed by atoms with Gasteiger partial charge < -0.3 is 15.0 Å². The number of ether oxygens (including phenoxy) is 1. The summed E-state index contributed by atoms with van der Waals surface area (Å²) in [5, 5.41) is 11.9. The summed E-state index contributed by atoms with van der Waals surface area (Å²) < 4.78 is 9.63. The van der Waals surface area contributed by atoms with Gasteiger partial charge in [0.2, 0.25) is 0 Å². The zero-order valence-corrected chi connectivity index (χ0v) is 22.7. The topological polar surface area (TPSA) is 77.2 Å². The van der Waals surface area contributed by atoms with Gasteiger partial charge in [-0.15, -0.1) is 0 Å². The van der Waals surface area contributed by atoms with Crippen molar-refractivity contribution in [2.24, 2.45) is 14.1 Å². The van der Waals surface area contributed by atoms with Crippen LogP contribution in [0.25, 0.3) is 22.3 Å². The Bertz CT molecular complexity index is 1330. The molecule has 2 atom stereocenters. The largest absolute Gasteiger partial charge is 0.489 e. The Morgan fingerprint density at radius 3 is 2.05 bits per heavy atom. The van der Waals surface area contributed by atoms with E-state index >= 15 is 0 Å². The minimum atomic E-state index is -0.226.